The minimum atomic E-state index is -1.71. The van der Waals surface area contributed by atoms with E-state index in [0.29, 0.717) is 12.2 Å². The van der Waals surface area contributed by atoms with Crippen LogP contribution in [0, 0.1) is 0 Å². The number of hydrogen-bond donors (Lipinski definition) is 0. The molecule has 4 heteroatoms. The quantitative estimate of drug-likeness (QED) is 0.284. The van der Waals surface area contributed by atoms with Gasteiger partial charge in [-0.25, -0.2) is 4.79 Å². The Hall–Kier alpha value is -1.39. The average Bonchev–Trinajstić information content (AvgIpc) is 2.49. The predicted octanol–water partition coefficient (Wildman–Crippen LogP) is 5.20. The van der Waals surface area contributed by atoms with Crippen molar-refractivity contribution in [3.8, 4) is 0 Å². The molecule has 0 saturated carbocycles. The van der Waals surface area contributed by atoms with Crippen molar-refractivity contribution < 1.29 is 14.0 Å². The Labute approximate surface area is 141 Å². The maximum Gasteiger partial charge on any atom is 0.338 e. The molecular formula is C19H30O3Si. The average molecular weight is 335 g/mol. The molecule has 0 amide bonds. The highest BCUT2D eigenvalue weighted by Crippen LogP contribution is 2.36. The van der Waals surface area contributed by atoms with Crippen LogP contribution >= 0.6 is 0 Å². The van der Waals surface area contributed by atoms with Gasteiger partial charge in [0.2, 0.25) is 0 Å². The smallest absolute Gasteiger partial charge is 0.338 e. The summed E-state index contributed by atoms with van der Waals surface area (Å²) in [6, 6.07) is 9.03. The predicted molar refractivity (Wildman–Crippen MR) is 98.2 cm³/mol. The SMILES string of the molecule is C=C[C@@H](CCCO[Si](C)(C)C(C)(C)C)OC(=O)c1ccccc1. The van der Waals surface area contributed by atoms with Gasteiger partial charge >= 0.3 is 5.97 Å². The molecule has 1 aromatic rings. The van der Waals surface area contributed by atoms with Gasteiger partial charge in [-0.3, -0.25) is 0 Å². The Morgan fingerprint density at radius 3 is 2.39 bits per heavy atom. The van der Waals surface area contributed by atoms with Gasteiger partial charge in [-0.1, -0.05) is 51.6 Å². The number of esters is 1. The van der Waals surface area contributed by atoms with Gasteiger partial charge in [0.25, 0.3) is 0 Å². The zero-order valence-electron chi connectivity index (χ0n) is 15.1. The summed E-state index contributed by atoms with van der Waals surface area (Å²) in [7, 11) is -1.71. The summed E-state index contributed by atoms with van der Waals surface area (Å²) in [6.07, 6.45) is 3.00. The Morgan fingerprint density at radius 1 is 1.26 bits per heavy atom. The van der Waals surface area contributed by atoms with Crippen LogP contribution in [0.25, 0.3) is 0 Å². The Kier molecular flexibility index (Phi) is 7.23. The van der Waals surface area contributed by atoms with Gasteiger partial charge in [0.05, 0.1) is 5.56 Å². The van der Waals surface area contributed by atoms with E-state index < -0.39 is 8.32 Å². The van der Waals surface area contributed by atoms with Crippen LogP contribution in [0.15, 0.2) is 43.0 Å². The standard InChI is InChI=1S/C19H30O3Si/c1-7-17(22-18(20)16-12-9-8-10-13-16)14-11-15-21-23(5,6)19(2,3)4/h7-10,12-13,17H,1,11,14-15H2,2-6H3/t17-/m0/s1. The van der Waals surface area contributed by atoms with Crippen LogP contribution in [-0.2, 0) is 9.16 Å². The molecule has 0 heterocycles. The van der Waals surface area contributed by atoms with Gasteiger partial charge in [0.15, 0.2) is 8.32 Å². The van der Waals surface area contributed by atoms with E-state index in [4.69, 9.17) is 9.16 Å². The lowest BCUT2D eigenvalue weighted by Gasteiger charge is -2.36. The van der Waals surface area contributed by atoms with E-state index in [1.807, 2.05) is 18.2 Å². The molecule has 1 rings (SSSR count). The van der Waals surface area contributed by atoms with E-state index in [-0.39, 0.29) is 17.1 Å². The van der Waals surface area contributed by atoms with Gasteiger partial charge in [0.1, 0.15) is 6.10 Å². The van der Waals surface area contributed by atoms with E-state index in [1.54, 1.807) is 18.2 Å². The molecule has 128 valence electrons. The lowest BCUT2D eigenvalue weighted by molar-refractivity contribution is 0.0370. The highest BCUT2D eigenvalue weighted by molar-refractivity contribution is 6.74. The first kappa shape index (κ1) is 19.7. The number of hydrogen-bond acceptors (Lipinski definition) is 3. The molecule has 3 nitrogen and oxygen atoms in total. The van der Waals surface area contributed by atoms with E-state index in [9.17, 15) is 4.79 Å². The Balaban J connectivity index is 2.40. The molecule has 1 aromatic carbocycles. The summed E-state index contributed by atoms with van der Waals surface area (Å²) in [5.74, 6) is -0.305. The second-order valence-electron chi connectivity index (χ2n) is 7.30. The van der Waals surface area contributed by atoms with Crippen LogP contribution in [-0.4, -0.2) is 27.0 Å². The minimum Gasteiger partial charge on any atom is -0.455 e. The van der Waals surface area contributed by atoms with E-state index in [1.165, 1.54) is 0 Å². The molecule has 1 atom stereocenters. The summed E-state index contributed by atoms with van der Waals surface area (Å²) in [5.41, 5.74) is 0.567. The van der Waals surface area contributed by atoms with Crippen molar-refractivity contribution >= 4 is 14.3 Å². The third-order valence-corrected chi connectivity index (χ3v) is 8.97. The van der Waals surface area contributed by atoms with E-state index in [2.05, 4.69) is 40.4 Å². The minimum absolute atomic E-state index is 0.213. The molecule has 0 radical (unpaired) electrons. The summed E-state index contributed by atoms with van der Waals surface area (Å²) in [5, 5.41) is 0.213. The first-order valence-electron chi connectivity index (χ1n) is 8.20. The molecule has 0 aliphatic carbocycles. The van der Waals surface area contributed by atoms with Crippen LogP contribution < -0.4 is 0 Å². The molecule has 0 spiro atoms. The van der Waals surface area contributed by atoms with Crippen molar-refractivity contribution in [1.82, 2.24) is 0 Å². The highest BCUT2D eigenvalue weighted by Gasteiger charge is 2.36. The third-order valence-electron chi connectivity index (χ3n) is 4.43. The fourth-order valence-electron chi connectivity index (χ4n) is 1.83. The maximum atomic E-state index is 12.0. The van der Waals surface area contributed by atoms with Crippen molar-refractivity contribution in [3.05, 3.63) is 48.6 Å². The van der Waals surface area contributed by atoms with Gasteiger partial charge < -0.3 is 9.16 Å². The van der Waals surface area contributed by atoms with E-state index in [0.717, 1.165) is 12.8 Å². The number of carbonyl (C=O) groups excluding carboxylic acids is 1. The molecule has 0 aliphatic rings. The molecule has 0 aliphatic heterocycles. The molecule has 0 fully saturated rings. The topological polar surface area (TPSA) is 35.5 Å². The third kappa shape index (κ3) is 6.32. The highest BCUT2D eigenvalue weighted by atomic mass is 28.4. The van der Waals surface area contributed by atoms with Gasteiger partial charge in [-0.15, -0.1) is 0 Å². The van der Waals surface area contributed by atoms with Gasteiger partial charge in [-0.05, 0) is 43.1 Å². The zero-order valence-corrected chi connectivity index (χ0v) is 16.1. The van der Waals surface area contributed by atoms with Crippen LogP contribution in [0.4, 0.5) is 0 Å². The van der Waals surface area contributed by atoms with Gasteiger partial charge in [0, 0.05) is 6.61 Å². The van der Waals surface area contributed by atoms with Crippen LogP contribution in [0.5, 0.6) is 0 Å². The van der Waals surface area contributed by atoms with Crippen LogP contribution in [0.1, 0.15) is 44.0 Å². The number of benzene rings is 1. The van der Waals surface area contributed by atoms with Crippen LogP contribution in [0.2, 0.25) is 18.1 Å². The first-order valence-corrected chi connectivity index (χ1v) is 11.1. The molecular weight excluding hydrogens is 304 g/mol. The largest absolute Gasteiger partial charge is 0.455 e. The second kappa shape index (κ2) is 8.46. The van der Waals surface area contributed by atoms with Crippen molar-refractivity contribution in [1.29, 1.82) is 0 Å². The zero-order chi connectivity index (χ0) is 17.5. The monoisotopic (exact) mass is 334 g/mol. The number of ether oxygens (including phenoxy) is 1. The fourth-order valence-corrected chi connectivity index (χ4v) is 2.92. The normalized spacial score (nSPS) is 13.4. The van der Waals surface area contributed by atoms with Crippen molar-refractivity contribution in [2.75, 3.05) is 6.61 Å². The Morgan fingerprint density at radius 2 is 1.87 bits per heavy atom. The van der Waals surface area contributed by atoms with Gasteiger partial charge in [-0.2, -0.15) is 0 Å². The van der Waals surface area contributed by atoms with Crippen molar-refractivity contribution in [2.24, 2.45) is 0 Å². The lowest BCUT2D eigenvalue weighted by atomic mass is 10.2. The van der Waals surface area contributed by atoms with Crippen molar-refractivity contribution in [3.63, 3.8) is 0 Å². The molecule has 0 aromatic heterocycles. The van der Waals surface area contributed by atoms with Crippen molar-refractivity contribution in [2.45, 2.75) is 57.8 Å². The van der Waals surface area contributed by atoms with E-state index >= 15 is 0 Å². The lowest BCUT2D eigenvalue weighted by Crippen LogP contribution is -2.41. The fraction of sp³-hybridized carbons (Fsp3) is 0.526. The number of carbonyl (C=O) groups is 1. The summed E-state index contributed by atoms with van der Waals surface area (Å²) in [4.78, 5) is 12.0. The molecule has 23 heavy (non-hydrogen) atoms. The summed E-state index contributed by atoms with van der Waals surface area (Å²) in [6.45, 7) is 15.6. The Bertz CT molecular complexity index is 503. The second-order valence-corrected chi connectivity index (χ2v) is 12.1. The molecule has 0 unspecified atom stereocenters. The number of rotatable bonds is 8. The maximum absolute atomic E-state index is 12.0. The van der Waals surface area contributed by atoms with Crippen LogP contribution in [0.3, 0.4) is 0 Å². The molecule has 0 saturated heterocycles. The molecule has 0 N–H and O–H groups in total. The molecule has 0 bridgehead atoms. The first-order chi connectivity index (χ1) is 10.7. The summed E-state index contributed by atoms with van der Waals surface area (Å²) >= 11 is 0. The summed E-state index contributed by atoms with van der Waals surface area (Å²) < 4.78 is 11.6.